The van der Waals surface area contributed by atoms with E-state index in [0.29, 0.717) is 24.3 Å². The molecule has 2 fully saturated rings. The zero-order valence-corrected chi connectivity index (χ0v) is 12.8. The third kappa shape index (κ3) is 2.33. The van der Waals surface area contributed by atoms with Crippen LogP contribution in [0.25, 0.3) is 5.65 Å². The number of pyridine rings is 1. The summed E-state index contributed by atoms with van der Waals surface area (Å²) in [4.78, 5) is 30.7. The van der Waals surface area contributed by atoms with Gasteiger partial charge < -0.3 is 9.80 Å². The third-order valence-electron chi connectivity index (χ3n) is 4.60. The first-order valence-corrected chi connectivity index (χ1v) is 7.59. The molecule has 1 atom stereocenters. The zero-order chi connectivity index (χ0) is 16.0. The number of rotatable bonds is 1. The Bertz CT molecular complexity index is 773. The molecule has 0 aromatic carbocycles. The lowest BCUT2D eigenvalue weighted by Gasteiger charge is -2.45. The van der Waals surface area contributed by atoms with Crippen LogP contribution in [0.1, 0.15) is 10.4 Å². The molecule has 2 aromatic rings. The maximum Gasteiger partial charge on any atom is 0.255 e. The molecular weight excluding hydrogens is 298 g/mol. The van der Waals surface area contributed by atoms with E-state index >= 15 is 0 Å². The molecule has 23 heavy (non-hydrogen) atoms. The quantitative estimate of drug-likeness (QED) is 0.652. The molecule has 0 spiro atoms. The third-order valence-corrected chi connectivity index (χ3v) is 4.60. The Kier molecular flexibility index (Phi) is 3.22. The average molecular weight is 315 g/mol. The molecular formula is C14H17N7O2. The lowest BCUT2D eigenvalue weighted by molar-refractivity contribution is -0.142. The van der Waals surface area contributed by atoms with Crippen LogP contribution in [0.5, 0.6) is 0 Å². The molecule has 0 N–H and O–H groups in total. The largest absolute Gasteiger partial charge is 0.343 e. The summed E-state index contributed by atoms with van der Waals surface area (Å²) in [6, 6.07) is 3.20. The summed E-state index contributed by atoms with van der Waals surface area (Å²) in [7, 11) is 1.81. The second kappa shape index (κ2) is 5.27. The lowest BCUT2D eigenvalue weighted by Crippen LogP contribution is -2.64. The van der Waals surface area contributed by atoms with Crippen molar-refractivity contribution in [3.05, 3.63) is 23.9 Å². The fraction of sp³-hybridized carbons (Fsp3) is 0.500. The Hall–Kier alpha value is -2.55. The lowest BCUT2D eigenvalue weighted by atomic mass is 10.1. The van der Waals surface area contributed by atoms with Gasteiger partial charge in [0.05, 0.1) is 5.56 Å². The minimum atomic E-state index is -0.233. The molecule has 2 aromatic heterocycles. The number of carbonyl (C=O) groups is 2. The SMILES string of the molecule is CN1CCN2CCN(C(=O)c3ccc4nnnn4c3)CC2C1=O. The van der Waals surface area contributed by atoms with Crippen LogP contribution in [-0.4, -0.2) is 92.4 Å². The summed E-state index contributed by atoms with van der Waals surface area (Å²) < 4.78 is 1.48. The monoisotopic (exact) mass is 315 g/mol. The number of amides is 2. The number of nitrogens with zero attached hydrogens (tertiary/aromatic N) is 7. The number of carbonyl (C=O) groups excluding carboxylic acids is 2. The number of likely N-dealkylation sites (N-methyl/N-ethyl adjacent to an activating group) is 1. The molecule has 9 heteroatoms. The molecule has 1 unspecified atom stereocenters. The van der Waals surface area contributed by atoms with Gasteiger partial charge in [0.25, 0.3) is 5.91 Å². The predicted molar refractivity (Wildman–Crippen MR) is 79.7 cm³/mol. The van der Waals surface area contributed by atoms with E-state index in [4.69, 9.17) is 0 Å². The van der Waals surface area contributed by atoms with Gasteiger partial charge in [-0.1, -0.05) is 0 Å². The van der Waals surface area contributed by atoms with E-state index in [-0.39, 0.29) is 17.9 Å². The number of fused-ring (bicyclic) bond motifs is 2. The second-order valence-corrected chi connectivity index (χ2v) is 5.96. The van der Waals surface area contributed by atoms with Crippen molar-refractivity contribution in [3.63, 3.8) is 0 Å². The van der Waals surface area contributed by atoms with Crippen LogP contribution >= 0.6 is 0 Å². The molecule has 0 radical (unpaired) electrons. The number of piperazine rings is 2. The van der Waals surface area contributed by atoms with E-state index in [0.717, 1.165) is 19.6 Å². The van der Waals surface area contributed by atoms with Crippen molar-refractivity contribution >= 4 is 17.5 Å². The first kappa shape index (κ1) is 14.1. The van der Waals surface area contributed by atoms with Gasteiger partial charge in [0.1, 0.15) is 6.04 Å². The van der Waals surface area contributed by atoms with Crippen LogP contribution in [0.3, 0.4) is 0 Å². The standard InChI is InChI=1S/C14H17N7O2/c1-18-4-5-19-6-7-20(9-11(19)14(18)23)13(22)10-2-3-12-15-16-17-21(12)8-10/h2-3,8,11H,4-7,9H2,1H3. The van der Waals surface area contributed by atoms with Crippen molar-refractivity contribution in [1.82, 2.24) is 34.7 Å². The van der Waals surface area contributed by atoms with Gasteiger partial charge in [0.2, 0.25) is 5.91 Å². The van der Waals surface area contributed by atoms with Gasteiger partial charge in [-0.15, -0.1) is 5.10 Å². The highest BCUT2D eigenvalue weighted by Gasteiger charge is 2.38. The van der Waals surface area contributed by atoms with Crippen molar-refractivity contribution in [2.24, 2.45) is 0 Å². The van der Waals surface area contributed by atoms with Gasteiger partial charge >= 0.3 is 0 Å². The maximum absolute atomic E-state index is 12.7. The Morgan fingerprint density at radius 1 is 1.22 bits per heavy atom. The van der Waals surface area contributed by atoms with E-state index in [1.807, 2.05) is 7.05 Å². The normalized spacial score (nSPS) is 22.5. The fourth-order valence-electron chi connectivity index (χ4n) is 3.20. The van der Waals surface area contributed by atoms with E-state index in [1.54, 1.807) is 28.1 Å². The van der Waals surface area contributed by atoms with Gasteiger partial charge in [-0.3, -0.25) is 14.5 Å². The van der Waals surface area contributed by atoms with Crippen molar-refractivity contribution in [1.29, 1.82) is 0 Å². The van der Waals surface area contributed by atoms with Crippen LogP contribution < -0.4 is 0 Å². The van der Waals surface area contributed by atoms with Crippen molar-refractivity contribution in [2.45, 2.75) is 6.04 Å². The topological polar surface area (TPSA) is 86.9 Å². The minimum absolute atomic E-state index is 0.0877. The molecule has 0 aliphatic carbocycles. The molecule has 4 heterocycles. The van der Waals surface area contributed by atoms with E-state index in [9.17, 15) is 9.59 Å². The summed E-state index contributed by atoms with van der Waals surface area (Å²) in [6.07, 6.45) is 1.62. The Labute approximate surface area is 132 Å². The van der Waals surface area contributed by atoms with Crippen LogP contribution in [0.2, 0.25) is 0 Å². The number of hydrogen-bond donors (Lipinski definition) is 0. The maximum atomic E-state index is 12.7. The van der Waals surface area contributed by atoms with Crippen LogP contribution in [0, 0.1) is 0 Å². The molecule has 2 saturated heterocycles. The molecule has 120 valence electrons. The second-order valence-electron chi connectivity index (χ2n) is 5.96. The summed E-state index contributed by atoms with van der Waals surface area (Å²) in [5.41, 5.74) is 1.12. The number of aromatic nitrogens is 4. The molecule has 0 saturated carbocycles. The van der Waals surface area contributed by atoms with Crippen molar-refractivity contribution in [3.8, 4) is 0 Å². The smallest absolute Gasteiger partial charge is 0.255 e. The van der Waals surface area contributed by atoms with Gasteiger partial charge in [-0.05, 0) is 22.6 Å². The van der Waals surface area contributed by atoms with E-state index < -0.39 is 0 Å². The van der Waals surface area contributed by atoms with E-state index in [2.05, 4.69) is 20.4 Å². The number of hydrogen-bond acceptors (Lipinski definition) is 6. The Balaban J connectivity index is 1.55. The molecule has 0 bridgehead atoms. The fourth-order valence-corrected chi connectivity index (χ4v) is 3.20. The number of tetrazole rings is 1. The van der Waals surface area contributed by atoms with Gasteiger partial charge in [-0.25, -0.2) is 0 Å². The molecule has 2 aliphatic heterocycles. The summed E-state index contributed by atoms with van der Waals surface area (Å²) in [5.74, 6) is -0.00671. The highest BCUT2D eigenvalue weighted by atomic mass is 16.2. The molecule has 2 aliphatic rings. The first-order valence-electron chi connectivity index (χ1n) is 7.59. The molecule has 4 rings (SSSR count). The molecule has 9 nitrogen and oxygen atoms in total. The summed E-state index contributed by atoms with van der Waals surface area (Å²) >= 11 is 0. The predicted octanol–water partition coefficient (Wildman–Crippen LogP) is -1.28. The van der Waals surface area contributed by atoms with Crippen LogP contribution in [0.15, 0.2) is 18.3 Å². The minimum Gasteiger partial charge on any atom is -0.343 e. The highest BCUT2D eigenvalue weighted by molar-refractivity contribution is 5.95. The van der Waals surface area contributed by atoms with Gasteiger partial charge in [0.15, 0.2) is 5.65 Å². The Morgan fingerprint density at radius 3 is 2.91 bits per heavy atom. The highest BCUT2D eigenvalue weighted by Crippen LogP contribution is 2.18. The summed E-state index contributed by atoms with van der Waals surface area (Å²) in [6.45, 7) is 3.39. The van der Waals surface area contributed by atoms with E-state index in [1.165, 1.54) is 4.52 Å². The van der Waals surface area contributed by atoms with Crippen molar-refractivity contribution < 1.29 is 9.59 Å². The zero-order valence-electron chi connectivity index (χ0n) is 12.8. The van der Waals surface area contributed by atoms with Crippen molar-refractivity contribution in [2.75, 3.05) is 39.8 Å². The molecule has 2 amide bonds. The Morgan fingerprint density at radius 2 is 2.04 bits per heavy atom. The van der Waals surface area contributed by atoms with Crippen LogP contribution in [-0.2, 0) is 4.79 Å². The van der Waals surface area contributed by atoms with Gasteiger partial charge in [-0.2, -0.15) is 4.52 Å². The van der Waals surface area contributed by atoms with Gasteiger partial charge in [0, 0.05) is 46.0 Å². The van der Waals surface area contributed by atoms with Crippen LogP contribution in [0.4, 0.5) is 0 Å². The first-order chi connectivity index (χ1) is 11.1. The average Bonchev–Trinajstić information content (AvgIpc) is 3.05. The summed E-state index contributed by atoms with van der Waals surface area (Å²) in [5, 5.41) is 11.2.